The molecule has 1 aromatic heterocycles. The Balaban J connectivity index is 1.62. The van der Waals surface area contributed by atoms with Gasteiger partial charge in [0.05, 0.1) is 22.4 Å². The standard InChI is InChI=1S/C25H24BN3O3/c1-24(2)25(3,4)31-26(30-24)18-14-17-20(23-22(18)28-32-29-23)16-12-8-9-13-19(16)27-21(17)15-10-6-5-7-11-15/h5-14,23,29H,1-4H3. The second kappa shape index (κ2) is 6.75. The molecular formula is C25H24BN3O3. The maximum absolute atomic E-state index is 6.38. The van der Waals surface area contributed by atoms with Gasteiger partial charge in [-0.15, -0.1) is 5.48 Å². The first-order chi connectivity index (χ1) is 15.4. The average Bonchev–Trinajstić information content (AvgIpc) is 3.35. The number of para-hydroxylation sites is 1. The van der Waals surface area contributed by atoms with Gasteiger partial charge in [-0.1, -0.05) is 59.8 Å². The van der Waals surface area contributed by atoms with Gasteiger partial charge in [-0.3, -0.25) is 4.94 Å². The summed E-state index contributed by atoms with van der Waals surface area (Å²) in [7, 11) is -0.548. The van der Waals surface area contributed by atoms with Crippen molar-refractivity contribution in [2.45, 2.75) is 44.9 Å². The molecule has 6 rings (SSSR count). The van der Waals surface area contributed by atoms with Crippen LogP contribution in [0.3, 0.4) is 0 Å². The van der Waals surface area contributed by atoms with E-state index in [0.29, 0.717) is 0 Å². The van der Waals surface area contributed by atoms with Crippen LogP contribution in [0.25, 0.3) is 28.2 Å². The summed E-state index contributed by atoms with van der Waals surface area (Å²) in [6, 6.07) is 18.2. The quantitative estimate of drug-likeness (QED) is 0.594. The van der Waals surface area contributed by atoms with Crippen LogP contribution in [0.15, 0.2) is 65.2 Å². The number of nitrogens with one attached hydrogen (secondary N) is 1. The first kappa shape index (κ1) is 19.7. The van der Waals surface area contributed by atoms with Crippen molar-refractivity contribution in [3.05, 3.63) is 71.2 Å². The average molecular weight is 425 g/mol. The van der Waals surface area contributed by atoms with Crippen LogP contribution in [0.2, 0.25) is 0 Å². The van der Waals surface area contributed by atoms with E-state index in [2.05, 4.69) is 62.6 Å². The second-order valence-electron chi connectivity index (χ2n) is 9.48. The maximum atomic E-state index is 6.38. The van der Waals surface area contributed by atoms with Gasteiger partial charge in [-0.25, -0.2) is 4.98 Å². The summed E-state index contributed by atoms with van der Waals surface area (Å²) >= 11 is 0. The lowest BCUT2D eigenvalue weighted by Gasteiger charge is -2.32. The molecule has 2 aromatic carbocycles. The second-order valence-corrected chi connectivity index (χ2v) is 9.48. The van der Waals surface area contributed by atoms with E-state index in [1.165, 1.54) is 0 Å². The zero-order chi connectivity index (χ0) is 22.1. The molecule has 1 N–H and O–H groups in total. The fraction of sp³-hybridized carbons (Fsp3) is 0.280. The zero-order valence-electron chi connectivity index (χ0n) is 18.5. The number of rotatable bonds is 2. The van der Waals surface area contributed by atoms with Crippen molar-refractivity contribution in [2.75, 3.05) is 0 Å². The number of nitrogens with zero attached hydrogens (tertiary/aromatic N) is 2. The summed E-state index contributed by atoms with van der Waals surface area (Å²) in [5.41, 5.74) is 8.88. The van der Waals surface area contributed by atoms with Gasteiger partial charge in [-0.05, 0) is 39.3 Å². The van der Waals surface area contributed by atoms with Gasteiger partial charge in [0.15, 0.2) is 0 Å². The molecule has 1 atom stereocenters. The minimum atomic E-state index is -0.548. The third-order valence-electron chi connectivity index (χ3n) is 7.00. The van der Waals surface area contributed by atoms with E-state index in [9.17, 15) is 0 Å². The molecular weight excluding hydrogens is 401 g/mol. The summed E-state index contributed by atoms with van der Waals surface area (Å²) in [5.74, 6) is 0. The summed E-state index contributed by atoms with van der Waals surface area (Å²) in [5, 5.41) is 5.42. The molecule has 3 heterocycles. The SMILES string of the molecule is CC1(C)OB(C2=Cc3c(-c4ccccc4)nc4ccccc4c3C3NON=C23)OC1(C)C. The van der Waals surface area contributed by atoms with Crippen molar-refractivity contribution in [1.29, 1.82) is 0 Å². The molecule has 7 heteroatoms. The zero-order valence-corrected chi connectivity index (χ0v) is 18.5. The van der Waals surface area contributed by atoms with Gasteiger partial charge < -0.3 is 9.31 Å². The fourth-order valence-electron chi connectivity index (χ4n) is 4.57. The summed E-state index contributed by atoms with van der Waals surface area (Å²) in [4.78, 5) is 10.5. The van der Waals surface area contributed by atoms with E-state index in [0.717, 1.165) is 44.5 Å². The molecule has 0 radical (unpaired) electrons. The van der Waals surface area contributed by atoms with Crippen LogP contribution in [-0.2, 0) is 14.2 Å². The van der Waals surface area contributed by atoms with Gasteiger partial charge in [0, 0.05) is 22.0 Å². The number of hydrogen-bond acceptors (Lipinski definition) is 6. The van der Waals surface area contributed by atoms with Gasteiger partial charge in [-0.2, -0.15) is 0 Å². The molecule has 1 unspecified atom stereocenters. The van der Waals surface area contributed by atoms with Crippen LogP contribution in [-0.4, -0.2) is 29.0 Å². The number of aromatic nitrogens is 1. The predicted molar refractivity (Wildman–Crippen MR) is 126 cm³/mol. The third kappa shape index (κ3) is 2.78. The lowest BCUT2D eigenvalue weighted by molar-refractivity contribution is 0.00578. The largest absolute Gasteiger partial charge is 0.496 e. The molecule has 1 fully saturated rings. The molecule has 6 nitrogen and oxygen atoms in total. The Morgan fingerprint density at radius 3 is 2.34 bits per heavy atom. The predicted octanol–water partition coefficient (Wildman–Crippen LogP) is 4.86. The molecule has 2 aliphatic heterocycles. The van der Waals surface area contributed by atoms with Crippen LogP contribution >= 0.6 is 0 Å². The highest BCUT2D eigenvalue weighted by Gasteiger charge is 2.55. The lowest BCUT2D eigenvalue weighted by Crippen LogP contribution is -2.41. The van der Waals surface area contributed by atoms with Crippen molar-refractivity contribution < 1.29 is 14.2 Å². The molecule has 0 spiro atoms. The molecule has 3 aromatic rings. The van der Waals surface area contributed by atoms with Gasteiger partial charge in [0.2, 0.25) is 0 Å². The van der Waals surface area contributed by atoms with Crippen LogP contribution in [0.4, 0.5) is 0 Å². The lowest BCUT2D eigenvalue weighted by atomic mass is 9.68. The Morgan fingerprint density at radius 2 is 1.59 bits per heavy atom. The number of hydroxylamine groups is 1. The number of fused-ring (bicyclic) bond motifs is 5. The van der Waals surface area contributed by atoms with Gasteiger partial charge >= 0.3 is 7.12 Å². The van der Waals surface area contributed by atoms with Crippen molar-refractivity contribution >= 4 is 29.8 Å². The highest BCUT2D eigenvalue weighted by Crippen LogP contribution is 2.45. The van der Waals surface area contributed by atoms with Crippen LogP contribution in [0.1, 0.15) is 44.9 Å². The maximum Gasteiger partial charge on any atom is 0.496 e. The van der Waals surface area contributed by atoms with E-state index in [1.807, 2.05) is 36.4 Å². The van der Waals surface area contributed by atoms with Crippen molar-refractivity contribution in [3.63, 3.8) is 0 Å². The highest BCUT2D eigenvalue weighted by molar-refractivity contribution is 6.64. The van der Waals surface area contributed by atoms with E-state index in [1.54, 1.807) is 0 Å². The third-order valence-corrected chi connectivity index (χ3v) is 7.00. The summed E-state index contributed by atoms with van der Waals surface area (Å²) in [6.07, 6.45) is 2.12. The number of oxime groups is 1. The Hall–Kier alpha value is -3.00. The van der Waals surface area contributed by atoms with E-state index in [4.69, 9.17) is 19.2 Å². The number of pyridine rings is 1. The van der Waals surface area contributed by atoms with E-state index >= 15 is 0 Å². The minimum Gasteiger partial charge on any atom is -0.399 e. The molecule has 0 saturated carbocycles. The molecule has 160 valence electrons. The van der Waals surface area contributed by atoms with Crippen molar-refractivity contribution in [1.82, 2.24) is 10.5 Å². The first-order valence-electron chi connectivity index (χ1n) is 10.9. The molecule has 32 heavy (non-hydrogen) atoms. The molecule has 1 saturated heterocycles. The van der Waals surface area contributed by atoms with Crippen LogP contribution in [0.5, 0.6) is 0 Å². The van der Waals surface area contributed by atoms with Crippen LogP contribution < -0.4 is 5.48 Å². The first-order valence-corrected chi connectivity index (χ1v) is 10.9. The molecule has 3 aliphatic rings. The van der Waals surface area contributed by atoms with Gasteiger partial charge in [0.1, 0.15) is 11.8 Å². The Labute approximate surface area is 187 Å². The monoisotopic (exact) mass is 425 g/mol. The summed E-state index contributed by atoms with van der Waals surface area (Å²) < 4.78 is 12.8. The highest BCUT2D eigenvalue weighted by atomic mass is 16.8. The normalized spacial score (nSPS) is 22.8. The topological polar surface area (TPSA) is 65.0 Å². The summed E-state index contributed by atoms with van der Waals surface area (Å²) in [6.45, 7) is 8.21. The Kier molecular flexibility index (Phi) is 4.15. The number of benzene rings is 2. The Bertz CT molecular complexity index is 1280. The van der Waals surface area contributed by atoms with Gasteiger partial charge in [0.25, 0.3) is 0 Å². The molecule has 0 amide bonds. The minimum absolute atomic E-state index is 0.237. The Morgan fingerprint density at radius 1 is 0.906 bits per heavy atom. The molecule has 0 bridgehead atoms. The van der Waals surface area contributed by atoms with Crippen molar-refractivity contribution in [2.24, 2.45) is 5.16 Å². The van der Waals surface area contributed by atoms with E-state index < -0.39 is 18.3 Å². The smallest absolute Gasteiger partial charge is 0.399 e. The van der Waals surface area contributed by atoms with Crippen LogP contribution in [0, 0.1) is 0 Å². The molecule has 1 aliphatic carbocycles. The fourth-order valence-corrected chi connectivity index (χ4v) is 4.57. The van der Waals surface area contributed by atoms with E-state index in [-0.39, 0.29) is 6.04 Å². The van der Waals surface area contributed by atoms with Crippen molar-refractivity contribution in [3.8, 4) is 11.3 Å². The number of hydrogen-bond donors (Lipinski definition) is 1.